The zero-order valence-corrected chi connectivity index (χ0v) is 15.1. The van der Waals surface area contributed by atoms with Crippen molar-refractivity contribution in [1.82, 2.24) is 15.2 Å². The predicted octanol–water partition coefficient (Wildman–Crippen LogP) is 4.42. The van der Waals surface area contributed by atoms with Gasteiger partial charge in [0.15, 0.2) is 0 Å². The minimum Gasteiger partial charge on any atom is -0.456 e. The summed E-state index contributed by atoms with van der Waals surface area (Å²) >= 11 is 5.90. The van der Waals surface area contributed by atoms with Crippen LogP contribution in [0.5, 0.6) is 11.5 Å². The molecule has 1 saturated carbocycles. The molecular formula is C20H24ClN3O. The van der Waals surface area contributed by atoms with Crippen LogP contribution in [0.4, 0.5) is 0 Å². The molecule has 2 fully saturated rings. The predicted molar refractivity (Wildman–Crippen MR) is 100 cm³/mol. The summed E-state index contributed by atoms with van der Waals surface area (Å²) in [5, 5.41) is 4.35. The molecule has 25 heavy (non-hydrogen) atoms. The zero-order valence-electron chi connectivity index (χ0n) is 14.3. The number of benzene rings is 1. The number of nitrogens with zero attached hydrogens (tertiary/aromatic N) is 2. The van der Waals surface area contributed by atoms with E-state index >= 15 is 0 Å². The lowest BCUT2D eigenvalue weighted by atomic mass is 9.91. The van der Waals surface area contributed by atoms with Crippen LogP contribution in [0.25, 0.3) is 0 Å². The molecule has 0 radical (unpaired) electrons. The average molecular weight is 358 g/mol. The Morgan fingerprint density at radius 2 is 1.84 bits per heavy atom. The van der Waals surface area contributed by atoms with Crippen LogP contribution < -0.4 is 10.1 Å². The number of aromatic nitrogens is 1. The smallest absolute Gasteiger partial charge is 0.145 e. The topological polar surface area (TPSA) is 37.4 Å². The van der Waals surface area contributed by atoms with Crippen molar-refractivity contribution in [3.63, 3.8) is 0 Å². The van der Waals surface area contributed by atoms with Gasteiger partial charge in [-0.2, -0.15) is 0 Å². The Balaban J connectivity index is 1.42. The number of ether oxygens (including phenoxy) is 1. The third-order valence-corrected chi connectivity index (χ3v) is 5.44. The monoisotopic (exact) mass is 357 g/mol. The summed E-state index contributed by atoms with van der Waals surface area (Å²) < 4.78 is 5.83. The fourth-order valence-electron chi connectivity index (χ4n) is 3.53. The number of pyridine rings is 1. The normalized spacial score (nSPS) is 22.2. The largest absolute Gasteiger partial charge is 0.456 e. The maximum absolute atomic E-state index is 5.90. The maximum atomic E-state index is 5.90. The van der Waals surface area contributed by atoms with Crippen LogP contribution in [-0.2, 0) is 0 Å². The number of rotatable bonds is 4. The summed E-state index contributed by atoms with van der Waals surface area (Å²) in [5.41, 5.74) is 1.09. The van der Waals surface area contributed by atoms with Gasteiger partial charge in [-0.25, -0.2) is 0 Å². The summed E-state index contributed by atoms with van der Waals surface area (Å²) in [6.45, 7) is 3.31. The molecule has 0 bridgehead atoms. The highest BCUT2D eigenvalue weighted by Crippen LogP contribution is 2.28. The third-order valence-electron chi connectivity index (χ3n) is 5.19. The van der Waals surface area contributed by atoms with E-state index in [9.17, 15) is 0 Å². The Labute approximate surface area is 154 Å². The Kier molecular flexibility index (Phi) is 5.20. The van der Waals surface area contributed by atoms with Crippen molar-refractivity contribution in [3.05, 3.63) is 53.3 Å². The summed E-state index contributed by atoms with van der Waals surface area (Å²) in [6.07, 6.45) is 7.12. The first kappa shape index (κ1) is 16.8. The molecule has 2 aromatic rings. The Morgan fingerprint density at radius 3 is 2.52 bits per heavy atom. The first-order chi connectivity index (χ1) is 12.3. The van der Waals surface area contributed by atoms with E-state index in [1.807, 2.05) is 36.5 Å². The molecule has 5 heteroatoms. The molecule has 0 amide bonds. The van der Waals surface area contributed by atoms with Gasteiger partial charge in [0.05, 0.1) is 17.9 Å². The lowest BCUT2D eigenvalue weighted by Gasteiger charge is -2.38. The molecule has 2 aliphatic rings. The molecule has 1 aliphatic heterocycles. The molecule has 1 unspecified atom stereocenters. The van der Waals surface area contributed by atoms with E-state index in [1.165, 1.54) is 32.2 Å². The molecule has 1 saturated heterocycles. The van der Waals surface area contributed by atoms with Crippen LogP contribution in [0, 0.1) is 0 Å². The van der Waals surface area contributed by atoms with Gasteiger partial charge in [0.25, 0.3) is 0 Å². The molecule has 4 rings (SSSR count). The van der Waals surface area contributed by atoms with Gasteiger partial charge < -0.3 is 10.1 Å². The highest BCUT2D eigenvalue weighted by molar-refractivity contribution is 6.30. The highest BCUT2D eigenvalue weighted by atomic mass is 35.5. The van der Waals surface area contributed by atoms with Gasteiger partial charge in [-0.15, -0.1) is 0 Å². The quantitative estimate of drug-likeness (QED) is 0.879. The summed E-state index contributed by atoms with van der Waals surface area (Å²) in [6, 6.07) is 12.5. The minimum absolute atomic E-state index is 0.299. The summed E-state index contributed by atoms with van der Waals surface area (Å²) in [7, 11) is 0. The van der Waals surface area contributed by atoms with Gasteiger partial charge >= 0.3 is 0 Å². The lowest BCUT2D eigenvalue weighted by Crippen LogP contribution is -2.43. The first-order valence-electron chi connectivity index (χ1n) is 9.15. The standard InChI is InChI=1S/C20H24ClN3O/c21-15-5-7-17(8-6-15)25-18-9-10-19(23-13-18)20-14-24(12-2-11-22-20)16-3-1-4-16/h5-10,13,16,20,22H,1-4,11-12,14H2. The SMILES string of the molecule is Clc1ccc(Oc2ccc(C3CN(C4CCC4)CCCN3)nc2)cc1. The molecule has 2 heterocycles. The number of hydrogen-bond donors (Lipinski definition) is 1. The maximum Gasteiger partial charge on any atom is 0.145 e. The van der Waals surface area contributed by atoms with Crippen molar-refractivity contribution in [2.45, 2.75) is 37.8 Å². The van der Waals surface area contributed by atoms with Crippen LogP contribution >= 0.6 is 11.6 Å². The van der Waals surface area contributed by atoms with E-state index in [4.69, 9.17) is 16.3 Å². The van der Waals surface area contributed by atoms with Crippen LogP contribution in [-0.4, -0.2) is 35.6 Å². The molecule has 1 aromatic carbocycles. The van der Waals surface area contributed by atoms with Gasteiger partial charge in [0, 0.05) is 17.6 Å². The lowest BCUT2D eigenvalue weighted by molar-refractivity contribution is 0.125. The van der Waals surface area contributed by atoms with Gasteiger partial charge in [0.2, 0.25) is 0 Å². The van der Waals surface area contributed by atoms with E-state index in [0.29, 0.717) is 11.1 Å². The van der Waals surface area contributed by atoms with E-state index in [0.717, 1.165) is 36.3 Å². The number of hydrogen-bond acceptors (Lipinski definition) is 4. The highest BCUT2D eigenvalue weighted by Gasteiger charge is 2.29. The van der Waals surface area contributed by atoms with E-state index in [2.05, 4.69) is 21.3 Å². The zero-order chi connectivity index (χ0) is 17.1. The average Bonchev–Trinajstić information content (AvgIpc) is 2.82. The molecule has 1 aromatic heterocycles. The molecule has 1 N–H and O–H groups in total. The molecular weight excluding hydrogens is 334 g/mol. The molecule has 4 nitrogen and oxygen atoms in total. The number of nitrogens with one attached hydrogen (secondary N) is 1. The van der Waals surface area contributed by atoms with Crippen LogP contribution in [0.1, 0.15) is 37.4 Å². The Bertz CT molecular complexity index is 685. The van der Waals surface area contributed by atoms with Crippen molar-refractivity contribution in [2.75, 3.05) is 19.6 Å². The third kappa shape index (κ3) is 4.14. The molecule has 1 atom stereocenters. The van der Waals surface area contributed by atoms with Crippen LogP contribution in [0.15, 0.2) is 42.6 Å². The van der Waals surface area contributed by atoms with Crippen molar-refractivity contribution in [3.8, 4) is 11.5 Å². The summed E-state index contributed by atoms with van der Waals surface area (Å²) in [4.78, 5) is 7.30. The van der Waals surface area contributed by atoms with E-state index in [-0.39, 0.29) is 0 Å². The molecule has 1 aliphatic carbocycles. The van der Waals surface area contributed by atoms with Gasteiger partial charge in [-0.3, -0.25) is 9.88 Å². The second kappa shape index (κ2) is 7.73. The van der Waals surface area contributed by atoms with Crippen LogP contribution in [0.2, 0.25) is 5.02 Å². The second-order valence-electron chi connectivity index (χ2n) is 6.91. The summed E-state index contributed by atoms with van der Waals surface area (Å²) in [5.74, 6) is 1.51. The molecule has 132 valence electrons. The van der Waals surface area contributed by atoms with Gasteiger partial charge in [-0.05, 0) is 68.8 Å². The van der Waals surface area contributed by atoms with Crippen LogP contribution in [0.3, 0.4) is 0 Å². The van der Waals surface area contributed by atoms with E-state index < -0.39 is 0 Å². The fraction of sp³-hybridized carbons (Fsp3) is 0.450. The minimum atomic E-state index is 0.299. The van der Waals surface area contributed by atoms with Crippen molar-refractivity contribution < 1.29 is 4.74 Å². The molecule has 0 spiro atoms. The fourth-order valence-corrected chi connectivity index (χ4v) is 3.65. The Morgan fingerprint density at radius 1 is 1.04 bits per heavy atom. The Hall–Kier alpha value is -1.62. The van der Waals surface area contributed by atoms with Crippen molar-refractivity contribution in [2.24, 2.45) is 0 Å². The van der Waals surface area contributed by atoms with Crippen molar-refractivity contribution in [1.29, 1.82) is 0 Å². The van der Waals surface area contributed by atoms with E-state index in [1.54, 1.807) is 0 Å². The van der Waals surface area contributed by atoms with Gasteiger partial charge in [-0.1, -0.05) is 18.0 Å². The van der Waals surface area contributed by atoms with Gasteiger partial charge in [0.1, 0.15) is 11.5 Å². The van der Waals surface area contributed by atoms with Crippen molar-refractivity contribution >= 4 is 11.6 Å². The second-order valence-corrected chi connectivity index (χ2v) is 7.35. The first-order valence-corrected chi connectivity index (χ1v) is 9.52. The number of halogens is 1.